The molecule has 1 aromatic carbocycles. The SMILES string of the molecule is O=C(c1ccnc(NCc2ccccn2)n1)N1CCN(Cc2ccccc2)CC1. The Hall–Kier alpha value is -3.32. The molecule has 0 bridgehead atoms. The van der Waals surface area contributed by atoms with Crippen molar-refractivity contribution in [3.8, 4) is 0 Å². The van der Waals surface area contributed by atoms with Gasteiger partial charge in [-0.2, -0.15) is 0 Å². The molecule has 0 unspecified atom stereocenters. The molecule has 3 aromatic rings. The van der Waals surface area contributed by atoms with Gasteiger partial charge in [0.25, 0.3) is 5.91 Å². The molecule has 0 spiro atoms. The molecule has 1 amide bonds. The van der Waals surface area contributed by atoms with E-state index in [1.807, 2.05) is 29.2 Å². The van der Waals surface area contributed by atoms with Gasteiger partial charge in [-0.3, -0.25) is 14.7 Å². The van der Waals surface area contributed by atoms with Gasteiger partial charge in [0.1, 0.15) is 5.69 Å². The average molecular weight is 388 g/mol. The number of piperazine rings is 1. The fraction of sp³-hybridized carbons (Fsp3) is 0.273. The first kappa shape index (κ1) is 19.0. The van der Waals surface area contributed by atoms with Crippen LogP contribution in [0.25, 0.3) is 0 Å². The minimum atomic E-state index is -0.0485. The van der Waals surface area contributed by atoms with Crippen LogP contribution < -0.4 is 5.32 Å². The highest BCUT2D eigenvalue weighted by Gasteiger charge is 2.23. The molecule has 7 nitrogen and oxygen atoms in total. The number of pyridine rings is 1. The van der Waals surface area contributed by atoms with Gasteiger partial charge in [-0.25, -0.2) is 9.97 Å². The molecule has 29 heavy (non-hydrogen) atoms. The number of anilines is 1. The maximum absolute atomic E-state index is 12.9. The summed E-state index contributed by atoms with van der Waals surface area (Å²) in [5.74, 6) is 0.386. The molecule has 0 radical (unpaired) electrons. The molecular weight excluding hydrogens is 364 g/mol. The number of hydrogen-bond donors (Lipinski definition) is 1. The van der Waals surface area contributed by atoms with Crippen molar-refractivity contribution >= 4 is 11.9 Å². The second kappa shape index (κ2) is 9.25. The van der Waals surface area contributed by atoms with Crippen molar-refractivity contribution in [2.75, 3.05) is 31.5 Å². The lowest BCUT2D eigenvalue weighted by molar-refractivity contribution is 0.0622. The number of carbonyl (C=O) groups is 1. The number of nitrogens with zero attached hydrogens (tertiary/aromatic N) is 5. The summed E-state index contributed by atoms with van der Waals surface area (Å²) >= 11 is 0. The van der Waals surface area contributed by atoms with Crippen molar-refractivity contribution in [2.24, 2.45) is 0 Å². The fourth-order valence-corrected chi connectivity index (χ4v) is 3.35. The van der Waals surface area contributed by atoms with E-state index in [2.05, 4.69) is 49.4 Å². The molecule has 0 aliphatic carbocycles. The summed E-state index contributed by atoms with van der Waals surface area (Å²) in [5.41, 5.74) is 2.61. The van der Waals surface area contributed by atoms with E-state index in [1.54, 1.807) is 18.5 Å². The van der Waals surface area contributed by atoms with Crippen molar-refractivity contribution in [1.29, 1.82) is 0 Å². The van der Waals surface area contributed by atoms with Gasteiger partial charge in [0.15, 0.2) is 0 Å². The molecule has 7 heteroatoms. The van der Waals surface area contributed by atoms with Crippen LogP contribution in [0.15, 0.2) is 67.0 Å². The number of benzene rings is 1. The molecule has 1 saturated heterocycles. The third-order valence-electron chi connectivity index (χ3n) is 4.94. The number of carbonyl (C=O) groups excluding carboxylic acids is 1. The largest absolute Gasteiger partial charge is 0.349 e. The highest BCUT2D eigenvalue weighted by molar-refractivity contribution is 5.92. The van der Waals surface area contributed by atoms with Crippen molar-refractivity contribution < 1.29 is 4.79 Å². The molecule has 1 fully saturated rings. The summed E-state index contributed by atoms with van der Waals surface area (Å²) in [6.45, 7) is 4.54. The van der Waals surface area contributed by atoms with Gasteiger partial charge < -0.3 is 10.2 Å². The lowest BCUT2D eigenvalue weighted by Crippen LogP contribution is -2.48. The highest BCUT2D eigenvalue weighted by atomic mass is 16.2. The van der Waals surface area contributed by atoms with Crippen LogP contribution in [0.2, 0.25) is 0 Å². The summed E-state index contributed by atoms with van der Waals surface area (Å²) in [6.07, 6.45) is 3.36. The Kier molecular flexibility index (Phi) is 6.07. The van der Waals surface area contributed by atoms with Crippen LogP contribution in [0.3, 0.4) is 0 Å². The summed E-state index contributed by atoms with van der Waals surface area (Å²) in [6, 6.07) is 17.8. The number of nitrogens with one attached hydrogen (secondary N) is 1. The van der Waals surface area contributed by atoms with Gasteiger partial charge >= 0.3 is 0 Å². The maximum atomic E-state index is 12.9. The molecule has 1 N–H and O–H groups in total. The third kappa shape index (κ3) is 5.14. The zero-order chi connectivity index (χ0) is 19.9. The molecule has 0 saturated carbocycles. The highest BCUT2D eigenvalue weighted by Crippen LogP contribution is 2.12. The van der Waals surface area contributed by atoms with Crippen LogP contribution in [-0.4, -0.2) is 56.8 Å². The standard InChI is InChI=1S/C22H24N6O/c29-21(28-14-12-27(13-15-28)17-18-6-2-1-3-7-18)20-9-11-24-22(26-20)25-16-19-8-4-5-10-23-19/h1-11H,12-17H2,(H,24,25,26). The van der Waals surface area contributed by atoms with E-state index in [-0.39, 0.29) is 5.91 Å². The van der Waals surface area contributed by atoms with Crippen LogP contribution in [0.1, 0.15) is 21.7 Å². The Morgan fingerprint density at radius 1 is 0.897 bits per heavy atom. The zero-order valence-corrected chi connectivity index (χ0v) is 16.2. The summed E-state index contributed by atoms with van der Waals surface area (Å²) in [5, 5.41) is 3.13. The van der Waals surface area contributed by atoms with E-state index >= 15 is 0 Å². The molecule has 1 aliphatic heterocycles. The van der Waals surface area contributed by atoms with Crippen LogP contribution in [-0.2, 0) is 13.1 Å². The summed E-state index contributed by atoms with van der Waals surface area (Å²) < 4.78 is 0. The smallest absolute Gasteiger partial charge is 0.272 e. The quantitative estimate of drug-likeness (QED) is 0.699. The summed E-state index contributed by atoms with van der Waals surface area (Å²) in [4.78, 5) is 30.0. The number of hydrogen-bond acceptors (Lipinski definition) is 6. The first-order valence-corrected chi connectivity index (χ1v) is 9.80. The maximum Gasteiger partial charge on any atom is 0.272 e. The van der Waals surface area contributed by atoms with E-state index < -0.39 is 0 Å². The van der Waals surface area contributed by atoms with Gasteiger partial charge in [0, 0.05) is 45.1 Å². The second-order valence-electron chi connectivity index (χ2n) is 6.99. The first-order chi connectivity index (χ1) is 14.3. The molecular formula is C22H24N6O. The van der Waals surface area contributed by atoms with Crippen LogP contribution in [0.4, 0.5) is 5.95 Å². The van der Waals surface area contributed by atoms with Crippen molar-refractivity contribution in [3.05, 3.63) is 83.9 Å². The molecule has 3 heterocycles. The van der Waals surface area contributed by atoms with E-state index in [1.165, 1.54) is 5.56 Å². The van der Waals surface area contributed by atoms with E-state index in [0.717, 1.165) is 25.3 Å². The van der Waals surface area contributed by atoms with Crippen LogP contribution >= 0.6 is 0 Å². The van der Waals surface area contributed by atoms with Crippen molar-refractivity contribution in [1.82, 2.24) is 24.8 Å². The second-order valence-corrected chi connectivity index (χ2v) is 6.99. The first-order valence-electron chi connectivity index (χ1n) is 9.80. The Bertz CT molecular complexity index is 926. The predicted octanol–water partition coefficient (Wildman–Crippen LogP) is 2.44. The average Bonchev–Trinajstić information content (AvgIpc) is 2.79. The molecule has 4 rings (SSSR count). The van der Waals surface area contributed by atoms with Gasteiger partial charge in [-0.1, -0.05) is 36.4 Å². The predicted molar refractivity (Wildman–Crippen MR) is 111 cm³/mol. The summed E-state index contributed by atoms with van der Waals surface area (Å²) in [7, 11) is 0. The Morgan fingerprint density at radius 3 is 2.45 bits per heavy atom. The lowest BCUT2D eigenvalue weighted by atomic mass is 10.2. The lowest BCUT2D eigenvalue weighted by Gasteiger charge is -2.34. The Balaban J connectivity index is 1.31. The molecule has 0 atom stereocenters. The Labute approximate surface area is 170 Å². The van der Waals surface area contributed by atoms with Gasteiger partial charge in [0.05, 0.1) is 12.2 Å². The third-order valence-corrected chi connectivity index (χ3v) is 4.94. The Morgan fingerprint density at radius 2 is 1.69 bits per heavy atom. The number of amides is 1. The number of aromatic nitrogens is 3. The zero-order valence-electron chi connectivity index (χ0n) is 16.2. The molecule has 148 valence electrons. The topological polar surface area (TPSA) is 74.2 Å². The van der Waals surface area contributed by atoms with Crippen molar-refractivity contribution in [2.45, 2.75) is 13.1 Å². The van der Waals surface area contributed by atoms with Crippen LogP contribution in [0, 0.1) is 0 Å². The van der Waals surface area contributed by atoms with Gasteiger partial charge in [-0.15, -0.1) is 0 Å². The normalized spacial score (nSPS) is 14.6. The number of rotatable bonds is 6. The fourth-order valence-electron chi connectivity index (χ4n) is 3.35. The minimum absolute atomic E-state index is 0.0485. The molecule has 1 aliphatic rings. The van der Waals surface area contributed by atoms with Gasteiger partial charge in [-0.05, 0) is 23.8 Å². The van der Waals surface area contributed by atoms with Crippen molar-refractivity contribution in [3.63, 3.8) is 0 Å². The van der Waals surface area contributed by atoms with Crippen LogP contribution in [0.5, 0.6) is 0 Å². The molecule has 2 aromatic heterocycles. The van der Waals surface area contributed by atoms with E-state index in [0.29, 0.717) is 31.3 Å². The van der Waals surface area contributed by atoms with E-state index in [4.69, 9.17) is 0 Å². The monoisotopic (exact) mass is 388 g/mol. The van der Waals surface area contributed by atoms with Gasteiger partial charge in [0.2, 0.25) is 5.95 Å². The minimum Gasteiger partial charge on any atom is -0.349 e. The van der Waals surface area contributed by atoms with E-state index in [9.17, 15) is 4.79 Å².